The molecule has 6 heteroatoms. The zero-order valence-corrected chi connectivity index (χ0v) is 15.7. The zero-order valence-electron chi connectivity index (χ0n) is 15.7. The van der Waals surface area contributed by atoms with Crippen LogP contribution in [-0.4, -0.2) is 57.6 Å². The maximum atomic E-state index is 13.2. The van der Waals surface area contributed by atoms with E-state index in [-0.39, 0.29) is 17.9 Å². The largest absolute Gasteiger partial charge is 0.342 e. The van der Waals surface area contributed by atoms with Crippen molar-refractivity contribution in [1.29, 1.82) is 0 Å². The minimum absolute atomic E-state index is 0.0310. The van der Waals surface area contributed by atoms with Crippen LogP contribution in [0.2, 0.25) is 0 Å². The Balaban J connectivity index is 1.87. The average molecular weight is 354 g/mol. The molecule has 2 heterocycles. The van der Waals surface area contributed by atoms with Gasteiger partial charge in [0.2, 0.25) is 5.91 Å². The highest BCUT2D eigenvalue weighted by molar-refractivity contribution is 5.97. The molecular formula is C20H26N4O2. The summed E-state index contributed by atoms with van der Waals surface area (Å²) in [6, 6.07) is 11.2. The Morgan fingerprint density at radius 2 is 1.92 bits per heavy atom. The second-order valence-electron chi connectivity index (χ2n) is 6.82. The smallest absolute Gasteiger partial charge is 0.272 e. The van der Waals surface area contributed by atoms with Crippen molar-refractivity contribution in [3.8, 4) is 11.3 Å². The molecule has 26 heavy (non-hydrogen) atoms. The molecule has 1 aromatic carbocycles. The summed E-state index contributed by atoms with van der Waals surface area (Å²) in [5, 5.41) is 4.49. The van der Waals surface area contributed by atoms with Gasteiger partial charge in [0.05, 0.1) is 5.69 Å². The molecule has 2 aromatic rings. The lowest BCUT2D eigenvalue weighted by Gasteiger charge is -2.39. The fourth-order valence-corrected chi connectivity index (χ4v) is 3.40. The van der Waals surface area contributed by atoms with Crippen LogP contribution in [0.5, 0.6) is 0 Å². The standard InChI is InChI=1S/C20H26N4O2/c1-4-5-11-17-19(25)22(2)12-13-24(17)20(26)18-14-16(21-23(18)3)15-9-7-6-8-10-15/h6-10,14,17H,4-5,11-13H2,1-3H3/t17-/m0/s1. The minimum Gasteiger partial charge on any atom is -0.342 e. The third-order valence-corrected chi connectivity index (χ3v) is 4.97. The van der Waals surface area contributed by atoms with Crippen LogP contribution >= 0.6 is 0 Å². The van der Waals surface area contributed by atoms with Gasteiger partial charge in [-0.05, 0) is 12.5 Å². The Labute approximate surface area is 154 Å². The van der Waals surface area contributed by atoms with Crippen molar-refractivity contribution in [2.45, 2.75) is 32.2 Å². The number of aromatic nitrogens is 2. The summed E-state index contributed by atoms with van der Waals surface area (Å²) < 4.78 is 1.62. The maximum Gasteiger partial charge on any atom is 0.272 e. The monoisotopic (exact) mass is 354 g/mol. The van der Waals surface area contributed by atoms with E-state index >= 15 is 0 Å². The van der Waals surface area contributed by atoms with E-state index in [1.165, 1.54) is 0 Å². The van der Waals surface area contributed by atoms with Crippen molar-refractivity contribution in [2.75, 3.05) is 20.1 Å². The molecule has 0 N–H and O–H groups in total. The average Bonchev–Trinajstić information content (AvgIpc) is 3.05. The Bertz CT molecular complexity index is 784. The molecule has 0 radical (unpaired) electrons. The van der Waals surface area contributed by atoms with Crippen LogP contribution in [-0.2, 0) is 11.8 Å². The Kier molecular flexibility index (Phi) is 5.40. The van der Waals surface area contributed by atoms with Gasteiger partial charge in [-0.2, -0.15) is 5.10 Å². The molecule has 0 spiro atoms. The molecule has 1 atom stereocenters. The molecule has 1 aliphatic heterocycles. The molecular weight excluding hydrogens is 328 g/mol. The Morgan fingerprint density at radius 1 is 1.19 bits per heavy atom. The predicted molar refractivity (Wildman–Crippen MR) is 101 cm³/mol. The van der Waals surface area contributed by atoms with E-state index in [2.05, 4.69) is 12.0 Å². The van der Waals surface area contributed by atoms with Gasteiger partial charge < -0.3 is 9.80 Å². The number of piperazine rings is 1. The van der Waals surface area contributed by atoms with Crippen LogP contribution < -0.4 is 0 Å². The van der Waals surface area contributed by atoms with Crippen LogP contribution in [0.25, 0.3) is 11.3 Å². The quantitative estimate of drug-likeness (QED) is 0.829. The lowest BCUT2D eigenvalue weighted by atomic mass is 10.0. The van der Waals surface area contributed by atoms with Crippen molar-refractivity contribution < 1.29 is 9.59 Å². The van der Waals surface area contributed by atoms with Gasteiger partial charge in [0, 0.05) is 32.7 Å². The molecule has 3 rings (SSSR count). The van der Waals surface area contributed by atoms with Gasteiger partial charge in [-0.15, -0.1) is 0 Å². The highest BCUT2D eigenvalue weighted by Crippen LogP contribution is 2.22. The first-order valence-corrected chi connectivity index (χ1v) is 9.18. The fraction of sp³-hybridized carbons (Fsp3) is 0.450. The number of likely N-dealkylation sites (N-methyl/N-ethyl adjacent to an activating group) is 1. The molecule has 1 aliphatic rings. The van der Waals surface area contributed by atoms with Crippen molar-refractivity contribution in [3.05, 3.63) is 42.1 Å². The molecule has 1 fully saturated rings. The summed E-state index contributed by atoms with van der Waals surface area (Å²) in [5.74, 6) is -0.0896. The lowest BCUT2D eigenvalue weighted by molar-refractivity contribution is -0.138. The van der Waals surface area contributed by atoms with Crippen LogP contribution in [0.4, 0.5) is 0 Å². The summed E-state index contributed by atoms with van der Waals surface area (Å²) in [5.41, 5.74) is 2.25. The number of hydrogen-bond donors (Lipinski definition) is 0. The molecule has 0 saturated carbocycles. The number of unbranched alkanes of at least 4 members (excludes halogenated alkanes) is 1. The highest BCUT2D eigenvalue weighted by atomic mass is 16.2. The number of carbonyl (C=O) groups excluding carboxylic acids is 2. The van der Waals surface area contributed by atoms with Gasteiger partial charge in [0.15, 0.2) is 0 Å². The third kappa shape index (κ3) is 3.49. The number of nitrogens with zero attached hydrogens (tertiary/aromatic N) is 4. The second kappa shape index (κ2) is 7.72. The summed E-state index contributed by atoms with van der Waals surface area (Å²) in [7, 11) is 3.58. The molecule has 1 saturated heterocycles. The van der Waals surface area contributed by atoms with E-state index < -0.39 is 0 Å². The Hall–Kier alpha value is -2.63. The molecule has 138 valence electrons. The van der Waals surface area contributed by atoms with E-state index in [4.69, 9.17) is 0 Å². The molecule has 1 aromatic heterocycles. The second-order valence-corrected chi connectivity index (χ2v) is 6.82. The van der Waals surface area contributed by atoms with Gasteiger partial charge in [0.25, 0.3) is 5.91 Å². The fourth-order valence-electron chi connectivity index (χ4n) is 3.40. The van der Waals surface area contributed by atoms with E-state index in [1.807, 2.05) is 36.4 Å². The first kappa shape index (κ1) is 18.2. The molecule has 6 nitrogen and oxygen atoms in total. The van der Waals surface area contributed by atoms with E-state index in [9.17, 15) is 9.59 Å². The van der Waals surface area contributed by atoms with E-state index in [0.29, 0.717) is 25.2 Å². The maximum absolute atomic E-state index is 13.2. The van der Waals surface area contributed by atoms with Gasteiger partial charge in [0.1, 0.15) is 11.7 Å². The number of amides is 2. The van der Waals surface area contributed by atoms with Crippen LogP contribution in [0, 0.1) is 0 Å². The molecule has 0 unspecified atom stereocenters. The van der Waals surface area contributed by atoms with E-state index in [1.54, 1.807) is 28.6 Å². The highest BCUT2D eigenvalue weighted by Gasteiger charge is 2.36. The number of benzene rings is 1. The zero-order chi connectivity index (χ0) is 18.7. The molecule has 0 bridgehead atoms. The molecule has 0 aliphatic carbocycles. The summed E-state index contributed by atoms with van der Waals surface area (Å²) >= 11 is 0. The minimum atomic E-state index is -0.378. The van der Waals surface area contributed by atoms with Crippen LogP contribution in [0.15, 0.2) is 36.4 Å². The van der Waals surface area contributed by atoms with Crippen molar-refractivity contribution in [1.82, 2.24) is 19.6 Å². The lowest BCUT2D eigenvalue weighted by Crippen LogP contribution is -2.57. The van der Waals surface area contributed by atoms with Crippen molar-refractivity contribution in [2.24, 2.45) is 7.05 Å². The first-order chi connectivity index (χ1) is 12.5. The topological polar surface area (TPSA) is 58.4 Å². The molecule has 2 amide bonds. The van der Waals surface area contributed by atoms with Crippen molar-refractivity contribution >= 4 is 11.8 Å². The summed E-state index contributed by atoms with van der Waals surface area (Å²) in [4.78, 5) is 29.2. The number of aryl methyl sites for hydroxylation is 1. The third-order valence-electron chi connectivity index (χ3n) is 4.97. The predicted octanol–water partition coefficient (Wildman–Crippen LogP) is 2.56. The van der Waals surface area contributed by atoms with Gasteiger partial charge in [-0.25, -0.2) is 0 Å². The van der Waals surface area contributed by atoms with Gasteiger partial charge in [-0.3, -0.25) is 14.3 Å². The normalized spacial score (nSPS) is 17.7. The van der Waals surface area contributed by atoms with Gasteiger partial charge >= 0.3 is 0 Å². The van der Waals surface area contributed by atoms with Crippen molar-refractivity contribution in [3.63, 3.8) is 0 Å². The van der Waals surface area contributed by atoms with Gasteiger partial charge in [-0.1, -0.05) is 50.1 Å². The van der Waals surface area contributed by atoms with Crippen LogP contribution in [0.3, 0.4) is 0 Å². The van der Waals surface area contributed by atoms with E-state index in [0.717, 1.165) is 24.1 Å². The number of hydrogen-bond acceptors (Lipinski definition) is 3. The summed E-state index contributed by atoms with van der Waals surface area (Å²) in [6.45, 7) is 3.22. The Morgan fingerprint density at radius 3 is 2.62 bits per heavy atom. The number of rotatable bonds is 5. The van der Waals surface area contributed by atoms with Crippen LogP contribution in [0.1, 0.15) is 36.7 Å². The number of carbonyl (C=O) groups is 2. The SMILES string of the molecule is CCCC[C@H]1C(=O)N(C)CCN1C(=O)c1cc(-c2ccccc2)nn1C. The first-order valence-electron chi connectivity index (χ1n) is 9.18. The summed E-state index contributed by atoms with van der Waals surface area (Å²) in [6.07, 6.45) is 2.63.